The number of methoxy groups -OCH3 is 1. The maximum Gasteiger partial charge on any atom is 0.311 e. The van der Waals surface area contributed by atoms with E-state index in [1.54, 1.807) is 12.1 Å². The molecule has 2 rings (SSSR count). The molecule has 0 bridgehead atoms. The summed E-state index contributed by atoms with van der Waals surface area (Å²) in [7, 11) is 1.39. The fraction of sp³-hybridized carbons (Fsp3) is 0.462. The van der Waals surface area contributed by atoms with Crippen molar-refractivity contribution in [2.45, 2.75) is 12.8 Å². The van der Waals surface area contributed by atoms with E-state index in [0.717, 1.165) is 18.7 Å². The molecule has 7 heteroatoms. The van der Waals surface area contributed by atoms with Crippen molar-refractivity contribution < 1.29 is 19.6 Å². The molecule has 1 unspecified atom stereocenters. The summed E-state index contributed by atoms with van der Waals surface area (Å²) in [5.74, 6) is -0.457. The molecule has 0 saturated carbocycles. The Morgan fingerprint density at radius 1 is 1.60 bits per heavy atom. The third-order valence-electron chi connectivity index (χ3n) is 3.47. The highest BCUT2D eigenvalue weighted by molar-refractivity contribution is 5.67. The number of ether oxygens (including phenoxy) is 1. The van der Waals surface area contributed by atoms with Gasteiger partial charge in [0.25, 0.3) is 0 Å². The largest absolute Gasteiger partial charge is 0.490 e. The summed E-state index contributed by atoms with van der Waals surface area (Å²) in [6.45, 7) is 1.40. The Labute approximate surface area is 115 Å². The van der Waals surface area contributed by atoms with Gasteiger partial charge in [-0.15, -0.1) is 0 Å². The van der Waals surface area contributed by atoms with Crippen LogP contribution in [0.5, 0.6) is 5.75 Å². The standard InChI is InChI=1S/C13H16N2O5/c1-20-12-7-10(2-3-11(12)15(18)19)14-5-4-9(8-14)6-13(16)17/h2-3,7,9H,4-6,8H2,1H3,(H,16,17). The Morgan fingerprint density at radius 2 is 2.35 bits per heavy atom. The lowest BCUT2D eigenvalue weighted by molar-refractivity contribution is -0.385. The third-order valence-corrected chi connectivity index (χ3v) is 3.47. The van der Waals surface area contributed by atoms with E-state index in [0.29, 0.717) is 6.54 Å². The maximum absolute atomic E-state index is 10.8. The fourth-order valence-corrected chi connectivity index (χ4v) is 2.49. The second-order valence-electron chi connectivity index (χ2n) is 4.81. The predicted octanol–water partition coefficient (Wildman–Crippen LogP) is 1.90. The number of benzene rings is 1. The average Bonchev–Trinajstić information content (AvgIpc) is 2.85. The van der Waals surface area contributed by atoms with E-state index in [9.17, 15) is 14.9 Å². The molecular weight excluding hydrogens is 264 g/mol. The van der Waals surface area contributed by atoms with Crippen molar-refractivity contribution in [1.29, 1.82) is 0 Å². The van der Waals surface area contributed by atoms with Crippen molar-refractivity contribution in [2.24, 2.45) is 5.92 Å². The summed E-state index contributed by atoms with van der Waals surface area (Å²) in [5.41, 5.74) is 0.748. The van der Waals surface area contributed by atoms with Gasteiger partial charge in [-0.1, -0.05) is 0 Å². The smallest absolute Gasteiger partial charge is 0.311 e. The van der Waals surface area contributed by atoms with Gasteiger partial charge in [0.15, 0.2) is 5.75 Å². The minimum atomic E-state index is -0.793. The molecule has 1 N–H and O–H groups in total. The Kier molecular flexibility index (Phi) is 4.07. The SMILES string of the molecule is COc1cc(N2CCC(CC(=O)O)C2)ccc1[N+](=O)[O-]. The van der Waals surface area contributed by atoms with Gasteiger partial charge in [-0.2, -0.15) is 0 Å². The first kappa shape index (κ1) is 14.1. The lowest BCUT2D eigenvalue weighted by Crippen LogP contribution is -2.20. The monoisotopic (exact) mass is 280 g/mol. The second kappa shape index (κ2) is 5.77. The zero-order chi connectivity index (χ0) is 14.7. The Bertz CT molecular complexity index is 531. The Balaban J connectivity index is 2.14. The van der Waals surface area contributed by atoms with Crippen LogP contribution in [0.1, 0.15) is 12.8 Å². The number of rotatable bonds is 5. The molecule has 7 nitrogen and oxygen atoms in total. The molecule has 1 aliphatic heterocycles. The molecule has 1 heterocycles. The number of nitro groups is 1. The van der Waals surface area contributed by atoms with Crippen molar-refractivity contribution in [3.63, 3.8) is 0 Å². The van der Waals surface area contributed by atoms with E-state index in [-0.39, 0.29) is 23.8 Å². The van der Waals surface area contributed by atoms with Crippen LogP contribution in [-0.4, -0.2) is 36.2 Å². The summed E-state index contributed by atoms with van der Waals surface area (Å²) >= 11 is 0. The van der Waals surface area contributed by atoms with Gasteiger partial charge in [-0.3, -0.25) is 14.9 Å². The molecule has 1 aromatic carbocycles. The third kappa shape index (κ3) is 2.98. The van der Waals surface area contributed by atoms with Crippen molar-refractivity contribution in [1.82, 2.24) is 0 Å². The van der Waals surface area contributed by atoms with Gasteiger partial charge in [0.2, 0.25) is 0 Å². The van der Waals surface area contributed by atoms with Gasteiger partial charge in [0, 0.05) is 37.3 Å². The number of hydrogen-bond acceptors (Lipinski definition) is 5. The number of carbonyl (C=O) groups is 1. The zero-order valence-electron chi connectivity index (χ0n) is 11.1. The number of carboxylic acids is 1. The van der Waals surface area contributed by atoms with Crippen LogP contribution in [-0.2, 0) is 4.79 Å². The van der Waals surface area contributed by atoms with Gasteiger partial charge in [0.05, 0.1) is 12.0 Å². The van der Waals surface area contributed by atoms with Crippen LogP contribution >= 0.6 is 0 Å². The summed E-state index contributed by atoms with van der Waals surface area (Å²) < 4.78 is 5.04. The molecule has 20 heavy (non-hydrogen) atoms. The van der Waals surface area contributed by atoms with Crippen LogP contribution in [0, 0.1) is 16.0 Å². The number of nitro benzene ring substituents is 1. The Morgan fingerprint density at radius 3 is 2.95 bits per heavy atom. The molecule has 108 valence electrons. The Hall–Kier alpha value is -2.31. The number of carboxylic acid groups (broad SMARTS) is 1. The molecule has 0 amide bonds. The van der Waals surface area contributed by atoms with Crippen molar-refractivity contribution in [3.05, 3.63) is 28.3 Å². The predicted molar refractivity (Wildman–Crippen MR) is 72.2 cm³/mol. The minimum absolute atomic E-state index is 0.0717. The highest BCUT2D eigenvalue weighted by atomic mass is 16.6. The first-order valence-electron chi connectivity index (χ1n) is 6.30. The molecule has 0 aliphatic carbocycles. The molecule has 0 aromatic heterocycles. The van der Waals surface area contributed by atoms with E-state index >= 15 is 0 Å². The van der Waals surface area contributed by atoms with Gasteiger partial charge in [-0.25, -0.2) is 0 Å². The number of hydrogen-bond donors (Lipinski definition) is 1. The lowest BCUT2D eigenvalue weighted by Gasteiger charge is -2.19. The van der Waals surface area contributed by atoms with E-state index in [1.165, 1.54) is 13.2 Å². The van der Waals surface area contributed by atoms with E-state index < -0.39 is 10.9 Å². The van der Waals surface area contributed by atoms with Crippen LogP contribution in [0.25, 0.3) is 0 Å². The highest BCUT2D eigenvalue weighted by Gasteiger charge is 2.26. The van der Waals surface area contributed by atoms with Crippen LogP contribution in [0.15, 0.2) is 18.2 Å². The molecular formula is C13H16N2O5. The average molecular weight is 280 g/mol. The van der Waals surface area contributed by atoms with Crippen LogP contribution in [0.2, 0.25) is 0 Å². The highest BCUT2D eigenvalue weighted by Crippen LogP contribution is 2.33. The molecule has 1 atom stereocenters. The van der Waals surface area contributed by atoms with Crippen molar-refractivity contribution >= 4 is 17.3 Å². The normalized spacial score (nSPS) is 18.1. The van der Waals surface area contributed by atoms with E-state index in [4.69, 9.17) is 9.84 Å². The quantitative estimate of drug-likeness (QED) is 0.654. The maximum atomic E-state index is 10.8. The van der Waals surface area contributed by atoms with Crippen LogP contribution in [0.3, 0.4) is 0 Å². The topological polar surface area (TPSA) is 92.9 Å². The minimum Gasteiger partial charge on any atom is -0.490 e. The fourth-order valence-electron chi connectivity index (χ4n) is 2.49. The zero-order valence-corrected chi connectivity index (χ0v) is 11.1. The summed E-state index contributed by atoms with van der Waals surface area (Å²) in [6, 6.07) is 4.71. The van der Waals surface area contributed by atoms with Crippen molar-refractivity contribution in [2.75, 3.05) is 25.1 Å². The van der Waals surface area contributed by atoms with Gasteiger partial charge in [0.1, 0.15) is 0 Å². The lowest BCUT2D eigenvalue weighted by atomic mass is 10.1. The molecule has 1 aromatic rings. The van der Waals surface area contributed by atoms with Gasteiger partial charge >= 0.3 is 11.7 Å². The van der Waals surface area contributed by atoms with E-state index in [2.05, 4.69) is 0 Å². The number of anilines is 1. The van der Waals surface area contributed by atoms with Crippen LogP contribution < -0.4 is 9.64 Å². The summed E-state index contributed by atoms with van der Waals surface area (Å²) in [4.78, 5) is 23.1. The first-order chi connectivity index (χ1) is 9.51. The molecule has 1 aliphatic rings. The summed E-state index contributed by atoms with van der Waals surface area (Å²) in [6.07, 6.45) is 0.965. The van der Waals surface area contributed by atoms with Gasteiger partial charge in [-0.05, 0) is 18.4 Å². The van der Waals surface area contributed by atoms with E-state index in [1.807, 2.05) is 4.90 Å². The van der Waals surface area contributed by atoms with Crippen molar-refractivity contribution in [3.8, 4) is 5.75 Å². The first-order valence-corrected chi connectivity index (χ1v) is 6.30. The second-order valence-corrected chi connectivity index (χ2v) is 4.81. The summed E-state index contributed by atoms with van der Waals surface area (Å²) in [5, 5.41) is 19.6. The number of nitrogens with zero attached hydrogens (tertiary/aromatic N) is 2. The van der Waals surface area contributed by atoms with Gasteiger partial charge < -0.3 is 14.7 Å². The molecule has 0 radical (unpaired) electrons. The number of aliphatic carboxylic acids is 1. The molecule has 0 spiro atoms. The van der Waals surface area contributed by atoms with Crippen LogP contribution in [0.4, 0.5) is 11.4 Å². The molecule has 1 saturated heterocycles. The molecule has 1 fully saturated rings.